The third-order valence-electron chi connectivity index (χ3n) is 3.80. The van der Waals surface area contributed by atoms with Crippen molar-refractivity contribution in [2.75, 3.05) is 11.5 Å². The molecule has 1 aliphatic heterocycles. The highest BCUT2D eigenvalue weighted by Crippen LogP contribution is 2.37. The van der Waals surface area contributed by atoms with Crippen LogP contribution in [-0.2, 0) is 4.79 Å². The number of nitrogens with zero attached hydrogens (tertiary/aromatic N) is 1. The van der Waals surface area contributed by atoms with Crippen LogP contribution < -0.4 is 9.64 Å². The molecule has 0 unspecified atom stereocenters. The number of para-hydroxylation sites is 1. The van der Waals surface area contributed by atoms with E-state index in [9.17, 15) is 4.79 Å². The number of carbonyl (C=O) groups excluding carboxylic acids is 1. The summed E-state index contributed by atoms with van der Waals surface area (Å²) in [7, 11) is 0. The number of hydrogen-bond acceptors (Lipinski definition) is 4. The Morgan fingerprint density at radius 1 is 1.16 bits per heavy atom. The van der Waals surface area contributed by atoms with Gasteiger partial charge < -0.3 is 4.74 Å². The lowest BCUT2D eigenvalue weighted by molar-refractivity contribution is -0.113. The van der Waals surface area contributed by atoms with E-state index in [4.69, 9.17) is 17.0 Å². The molecule has 1 heterocycles. The summed E-state index contributed by atoms with van der Waals surface area (Å²) >= 11 is 6.76. The van der Waals surface area contributed by atoms with Crippen LogP contribution >= 0.6 is 24.0 Å². The molecular formula is C20H19NO2S2. The Labute approximate surface area is 157 Å². The summed E-state index contributed by atoms with van der Waals surface area (Å²) in [5, 5.41) is 0. The number of benzene rings is 2. The third kappa shape index (κ3) is 3.94. The zero-order chi connectivity index (χ0) is 17.8. The lowest BCUT2D eigenvalue weighted by atomic mass is 10.1. The topological polar surface area (TPSA) is 29.5 Å². The van der Waals surface area contributed by atoms with Crippen LogP contribution in [0, 0.1) is 6.92 Å². The van der Waals surface area contributed by atoms with Gasteiger partial charge in [0.2, 0.25) is 0 Å². The van der Waals surface area contributed by atoms with Crippen molar-refractivity contribution in [3.05, 3.63) is 64.6 Å². The number of amides is 1. The minimum absolute atomic E-state index is 0.0735. The maximum atomic E-state index is 12.8. The molecule has 0 aromatic heterocycles. The van der Waals surface area contributed by atoms with Gasteiger partial charge in [-0.2, -0.15) is 0 Å². The molecule has 5 heteroatoms. The van der Waals surface area contributed by atoms with Crippen molar-refractivity contribution in [1.82, 2.24) is 0 Å². The Kier molecular flexibility index (Phi) is 5.56. The molecule has 1 fully saturated rings. The fraction of sp³-hybridized carbons (Fsp3) is 0.200. The molecule has 0 bridgehead atoms. The fourth-order valence-electron chi connectivity index (χ4n) is 2.52. The van der Waals surface area contributed by atoms with E-state index in [-0.39, 0.29) is 5.91 Å². The van der Waals surface area contributed by atoms with Crippen molar-refractivity contribution in [2.24, 2.45) is 0 Å². The smallest absolute Gasteiger partial charge is 0.270 e. The molecule has 2 aromatic rings. The van der Waals surface area contributed by atoms with Crippen molar-refractivity contribution < 1.29 is 9.53 Å². The van der Waals surface area contributed by atoms with Crippen LogP contribution in [0.3, 0.4) is 0 Å². The number of carbonyl (C=O) groups is 1. The lowest BCUT2D eigenvalue weighted by Gasteiger charge is -2.16. The van der Waals surface area contributed by atoms with Crippen molar-refractivity contribution >= 4 is 46.0 Å². The van der Waals surface area contributed by atoms with E-state index in [1.807, 2.05) is 61.5 Å². The maximum absolute atomic E-state index is 12.8. The molecule has 0 atom stereocenters. The predicted octanol–water partition coefficient (Wildman–Crippen LogP) is 5.19. The number of rotatable bonds is 5. The summed E-state index contributed by atoms with van der Waals surface area (Å²) < 4.78 is 6.15. The SMILES string of the molecule is CCCOc1ccc(/C=C2\SC(=S)N(c3ccccc3C)C2=O)cc1. The molecular weight excluding hydrogens is 350 g/mol. The van der Waals surface area contributed by atoms with E-state index < -0.39 is 0 Å². The standard InChI is InChI=1S/C20H19NO2S2/c1-3-12-23-16-10-8-15(9-11-16)13-18-19(22)21(20(24)25-18)17-7-5-4-6-14(17)2/h4-11,13H,3,12H2,1-2H3/b18-13-. The van der Waals surface area contributed by atoms with Gasteiger partial charge in [-0.05, 0) is 48.7 Å². The molecule has 1 aliphatic rings. The number of thioether (sulfide) groups is 1. The van der Waals surface area contributed by atoms with E-state index in [0.717, 1.165) is 29.0 Å². The Bertz CT molecular complexity index is 828. The first kappa shape index (κ1) is 17.7. The van der Waals surface area contributed by atoms with Gasteiger partial charge in [0.15, 0.2) is 4.32 Å². The van der Waals surface area contributed by atoms with E-state index >= 15 is 0 Å². The van der Waals surface area contributed by atoms with E-state index in [1.165, 1.54) is 11.8 Å². The Morgan fingerprint density at radius 3 is 2.56 bits per heavy atom. The van der Waals surface area contributed by atoms with Gasteiger partial charge in [-0.25, -0.2) is 0 Å². The highest BCUT2D eigenvalue weighted by molar-refractivity contribution is 8.27. The molecule has 0 radical (unpaired) electrons. The Balaban J connectivity index is 1.82. The Hall–Kier alpha value is -2.11. The van der Waals surface area contributed by atoms with E-state index in [1.54, 1.807) is 4.90 Å². The fourth-order valence-corrected chi connectivity index (χ4v) is 3.81. The summed E-state index contributed by atoms with van der Waals surface area (Å²) in [5.41, 5.74) is 2.82. The summed E-state index contributed by atoms with van der Waals surface area (Å²) in [4.78, 5) is 15.1. The first-order chi connectivity index (χ1) is 12.1. The van der Waals surface area contributed by atoms with Crippen molar-refractivity contribution in [3.8, 4) is 5.75 Å². The first-order valence-corrected chi connectivity index (χ1v) is 9.39. The predicted molar refractivity (Wildman–Crippen MR) is 109 cm³/mol. The summed E-state index contributed by atoms with van der Waals surface area (Å²) in [6.45, 7) is 4.76. The number of ether oxygens (including phenoxy) is 1. The zero-order valence-corrected chi connectivity index (χ0v) is 15.8. The number of hydrogen-bond donors (Lipinski definition) is 0. The minimum Gasteiger partial charge on any atom is -0.494 e. The molecule has 25 heavy (non-hydrogen) atoms. The van der Waals surface area contributed by atoms with Gasteiger partial charge in [0.05, 0.1) is 17.2 Å². The summed E-state index contributed by atoms with van der Waals surface area (Å²) in [6, 6.07) is 15.5. The first-order valence-electron chi connectivity index (χ1n) is 8.16. The van der Waals surface area contributed by atoms with Gasteiger partial charge in [0.25, 0.3) is 5.91 Å². The lowest BCUT2D eigenvalue weighted by Crippen LogP contribution is -2.28. The van der Waals surface area contributed by atoms with Gasteiger partial charge in [0, 0.05) is 0 Å². The van der Waals surface area contributed by atoms with Gasteiger partial charge >= 0.3 is 0 Å². The number of aryl methyl sites for hydroxylation is 1. The molecule has 3 rings (SSSR count). The van der Waals surface area contributed by atoms with Crippen LogP contribution in [0.5, 0.6) is 5.75 Å². The van der Waals surface area contributed by atoms with Crippen molar-refractivity contribution in [2.45, 2.75) is 20.3 Å². The highest BCUT2D eigenvalue weighted by Gasteiger charge is 2.33. The van der Waals surface area contributed by atoms with Crippen molar-refractivity contribution in [1.29, 1.82) is 0 Å². The van der Waals surface area contributed by atoms with Crippen LogP contribution in [-0.4, -0.2) is 16.8 Å². The largest absolute Gasteiger partial charge is 0.494 e. The quantitative estimate of drug-likeness (QED) is 0.536. The van der Waals surface area contributed by atoms with Crippen molar-refractivity contribution in [3.63, 3.8) is 0 Å². The molecule has 0 spiro atoms. The highest BCUT2D eigenvalue weighted by atomic mass is 32.2. The normalized spacial score (nSPS) is 15.9. The van der Waals surface area contributed by atoms with Crippen LogP contribution in [0.25, 0.3) is 6.08 Å². The summed E-state index contributed by atoms with van der Waals surface area (Å²) in [5.74, 6) is 0.766. The van der Waals surface area contributed by atoms with Crippen LogP contribution in [0.2, 0.25) is 0 Å². The molecule has 2 aromatic carbocycles. The van der Waals surface area contributed by atoms with E-state index in [0.29, 0.717) is 15.8 Å². The average molecular weight is 370 g/mol. The third-order valence-corrected chi connectivity index (χ3v) is 5.10. The summed E-state index contributed by atoms with van der Waals surface area (Å²) in [6.07, 6.45) is 2.85. The molecule has 128 valence electrons. The van der Waals surface area contributed by atoms with Gasteiger partial charge in [0.1, 0.15) is 5.75 Å². The van der Waals surface area contributed by atoms with Crippen LogP contribution in [0.4, 0.5) is 5.69 Å². The monoisotopic (exact) mass is 369 g/mol. The van der Waals surface area contributed by atoms with Crippen LogP contribution in [0.15, 0.2) is 53.4 Å². The maximum Gasteiger partial charge on any atom is 0.270 e. The van der Waals surface area contributed by atoms with E-state index in [2.05, 4.69) is 6.92 Å². The van der Waals surface area contributed by atoms with Gasteiger partial charge in [-0.3, -0.25) is 9.69 Å². The zero-order valence-electron chi connectivity index (χ0n) is 14.2. The minimum atomic E-state index is -0.0735. The molecule has 1 amide bonds. The molecule has 3 nitrogen and oxygen atoms in total. The Morgan fingerprint density at radius 2 is 1.88 bits per heavy atom. The van der Waals surface area contributed by atoms with Gasteiger partial charge in [-0.15, -0.1) is 0 Å². The van der Waals surface area contributed by atoms with Crippen LogP contribution in [0.1, 0.15) is 24.5 Å². The number of thiocarbonyl (C=S) groups is 1. The molecule has 1 saturated heterocycles. The molecule has 0 saturated carbocycles. The second-order valence-electron chi connectivity index (χ2n) is 5.72. The molecule has 0 N–H and O–H groups in total. The molecule has 0 aliphatic carbocycles. The number of anilines is 1. The van der Waals surface area contributed by atoms with Gasteiger partial charge in [-0.1, -0.05) is 61.2 Å². The average Bonchev–Trinajstić information content (AvgIpc) is 2.89. The second-order valence-corrected chi connectivity index (χ2v) is 7.40. The second kappa shape index (κ2) is 7.85.